The zero-order valence-electron chi connectivity index (χ0n) is 4.83. The molecular formula is C3H8N2O3. The number of hydrogen-bond acceptors (Lipinski definition) is 4. The Hall–Kier alpha value is -0.840. The predicted octanol–water partition coefficient (Wildman–Crippen LogP) is 0.0614. The molecule has 0 unspecified atom stereocenters. The summed E-state index contributed by atoms with van der Waals surface area (Å²) in [7, 11) is 1.49. The summed E-state index contributed by atoms with van der Waals surface area (Å²) in [6.45, 7) is 2.25. The average molecular weight is 120 g/mol. The summed E-state index contributed by atoms with van der Waals surface area (Å²) in [4.78, 5) is 13.5. The second-order valence-corrected chi connectivity index (χ2v) is 1.25. The molecular weight excluding hydrogens is 112 g/mol. The highest BCUT2D eigenvalue weighted by molar-refractivity contribution is 4.17. The van der Waals surface area contributed by atoms with Crippen LogP contribution in [0.1, 0.15) is 6.92 Å². The van der Waals surface area contributed by atoms with Gasteiger partial charge in [-0.15, -0.1) is 15.2 Å². The second-order valence-electron chi connectivity index (χ2n) is 1.25. The lowest BCUT2D eigenvalue weighted by atomic mass is 10.8. The molecule has 0 fully saturated rings. The molecule has 0 bridgehead atoms. The highest BCUT2D eigenvalue weighted by Crippen LogP contribution is 1.81. The van der Waals surface area contributed by atoms with Gasteiger partial charge in [-0.2, -0.15) is 0 Å². The fourth-order valence-electron chi connectivity index (χ4n) is 0.172. The monoisotopic (exact) mass is 120 g/mol. The largest absolute Gasteiger partial charge is 0.312 e. The van der Waals surface area contributed by atoms with E-state index in [1.165, 1.54) is 7.05 Å². The van der Waals surface area contributed by atoms with Gasteiger partial charge < -0.3 is 0 Å². The molecule has 0 atom stereocenters. The Balaban J connectivity index is 3.24. The molecule has 0 radical (unpaired) electrons. The van der Waals surface area contributed by atoms with E-state index in [0.717, 1.165) is 5.06 Å². The first-order valence-corrected chi connectivity index (χ1v) is 2.20. The number of hydrogen-bond donors (Lipinski definition) is 0. The third-order valence-electron chi connectivity index (χ3n) is 0.651. The fraction of sp³-hybridized carbons (Fsp3) is 1.00. The summed E-state index contributed by atoms with van der Waals surface area (Å²) in [6.07, 6.45) is 0. The van der Waals surface area contributed by atoms with Crippen LogP contribution in [0.4, 0.5) is 0 Å². The van der Waals surface area contributed by atoms with Crippen LogP contribution >= 0.6 is 0 Å². The molecule has 0 amide bonds. The highest BCUT2D eigenvalue weighted by Gasteiger charge is 1.97. The van der Waals surface area contributed by atoms with Crippen molar-refractivity contribution < 1.29 is 10.0 Å². The van der Waals surface area contributed by atoms with Crippen molar-refractivity contribution in [2.45, 2.75) is 6.92 Å². The molecule has 0 aromatic heterocycles. The predicted molar refractivity (Wildman–Crippen MR) is 26.4 cm³/mol. The van der Waals surface area contributed by atoms with Crippen LogP contribution in [0.15, 0.2) is 0 Å². The van der Waals surface area contributed by atoms with Crippen LogP contribution in [0.2, 0.25) is 0 Å². The first-order chi connectivity index (χ1) is 3.66. The molecule has 0 saturated carbocycles. The Labute approximate surface area is 46.9 Å². The maximum Gasteiger partial charge on any atom is 0.312 e. The van der Waals surface area contributed by atoms with Crippen molar-refractivity contribution in [3.05, 3.63) is 10.1 Å². The molecule has 0 N–H and O–H groups in total. The maximum absolute atomic E-state index is 9.51. The van der Waals surface area contributed by atoms with Crippen LogP contribution < -0.4 is 0 Å². The van der Waals surface area contributed by atoms with Crippen molar-refractivity contribution in [2.75, 3.05) is 13.6 Å². The Morgan fingerprint density at radius 2 is 2.38 bits per heavy atom. The van der Waals surface area contributed by atoms with Gasteiger partial charge in [0.2, 0.25) is 0 Å². The molecule has 0 rings (SSSR count). The van der Waals surface area contributed by atoms with Crippen LogP contribution in [0, 0.1) is 10.1 Å². The van der Waals surface area contributed by atoms with Crippen molar-refractivity contribution in [3.8, 4) is 0 Å². The van der Waals surface area contributed by atoms with Gasteiger partial charge in [0.05, 0.1) is 0 Å². The van der Waals surface area contributed by atoms with E-state index in [4.69, 9.17) is 0 Å². The number of nitrogens with zero attached hydrogens (tertiary/aromatic N) is 2. The third kappa shape index (κ3) is 3.35. The van der Waals surface area contributed by atoms with E-state index < -0.39 is 5.09 Å². The van der Waals surface area contributed by atoms with Gasteiger partial charge >= 0.3 is 5.09 Å². The molecule has 0 aromatic rings. The zero-order chi connectivity index (χ0) is 6.57. The van der Waals surface area contributed by atoms with Crippen molar-refractivity contribution in [3.63, 3.8) is 0 Å². The molecule has 0 spiro atoms. The zero-order valence-corrected chi connectivity index (χ0v) is 4.83. The summed E-state index contributed by atoms with van der Waals surface area (Å²) in [5, 5.41) is 9.79. The summed E-state index contributed by atoms with van der Waals surface area (Å²) in [6, 6.07) is 0. The molecule has 0 heterocycles. The number of hydroxylamine groups is 2. The standard InChI is InChI=1S/C3H8N2O3/c1-3-4(2)8-5(6)7/h3H2,1-2H3. The minimum atomic E-state index is -0.844. The summed E-state index contributed by atoms with van der Waals surface area (Å²) in [5.74, 6) is 0. The minimum absolute atomic E-state index is 0.501. The van der Waals surface area contributed by atoms with Gasteiger partial charge in [-0.1, -0.05) is 6.92 Å². The van der Waals surface area contributed by atoms with Crippen molar-refractivity contribution in [1.29, 1.82) is 0 Å². The second kappa shape index (κ2) is 3.20. The van der Waals surface area contributed by atoms with Crippen molar-refractivity contribution in [1.82, 2.24) is 5.06 Å². The lowest BCUT2D eigenvalue weighted by Gasteiger charge is -2.07. The van der Waals surface area contributed by atoms with Crippen LogP contribution in [0.5, 0.6) is 0 Å². The van der Waals surface area contributed by atoms with E-state index in [0.29, 0.717) is 6.54 Å². The van der Waals surface area contributed by atoms with Gasteiger partial charge in [0, 0.05) is 13.6 Å². The van der Waals surface area contributed by atoms with E-state index in [1.54, 1.807) is 6.92 Å². The topological polar surface area (TPSA) is 55.6 Å². The van der Waals surface area contributed by atoms with Crippen LogP contribution in [0.25, 0.3) is 0 Å². The van der Waals surface area contributed by atoms with E-state index in [1.807, 2.05) is 0 Å². The Bertz CT molecular complexity index is 84.6. The molecule has 0 aliphatic carbocycles. The fourth-order valence-corrected chi connectivity index (χ4v) is 0.172. The molecule has 0 aliphatic heterocycles. The average Bonchev–Trinajstić information content (AvgIpc) is 1.65. The lowest BCUT2D eigenvalue weighted by molar-refractivity contribution is -0.808. The van der Waals surface area contributed by atoms with E-state index in [-0.39, 0.29) is 0 Å². The Morgan fingerprint density at radius 3 is 2.50 bits per heavy atom. The Kier molecular flexibility index (Phi) is 2.86. The first-order valence-electron chi connectivity index (χ1n) is 2.20. The molecule has 0 saturated heterocycles. The third-order valence-corrected chi connectivity index (χ3v) is 0.651. The van der Waals surface area contributed by atoms with Gasteiger partial charge in [0.15, 0.2) is 0 Å². The van der Waals surface area contributed by atoms with Crippen LogP contribution in [-0.2, 0) is 4.94 Å². The molecule has 5 heteroatoms. The van der Waals surface area contributed by atoms with Crippen LogP contribution in [-0.4, -0.2) is 23.7 Å². The normalized spacial score (nSPS) is 9.38. The minimum Gasteiger partial charge on any atom is -0.217 e. The molecule has 0 aromatic carbocycles. The quantitative estimate of drug-likeness (QED) is 0.390. The Morgan fingerprint density at radius 1 is 1.88 bits per heavy atom. The van der Waals surface area contributed by atoms with Crippen molar-refractivity contribution in [2.24, 2.45) is 0 Å². The lowest BCUT2D eigenvalue weighted by Crippen LogP contribution is -2.21. The maximum atomic E-state index is 9.51. The van der Waals surface area contributed by atoms with E-state index >= 15 is 0 Å². The van der Waals surface area contributed by atoms with E-state index in [9.17, 15) is 10.1 Å². The smallest absolute Gasteiger partial charge is 0.217 e. The summed E-state index contributed by atoms with van der Waals surface area (Å²) in [5.41, 5.74) is 0. The van der Waals surface area contributed by atoms with Crippen molar-refractivity contribution >= 4 is 0 Å². The highest BCUT2D eigenvalue weighted by atomic mass is 17.0. The van der Waals surface area contributed by atoms with Gasteiger partial charge in [-0.3, -0.25) is 0 Å². The van der Waals surface area contributed by atoms with Gasteiger partial charge in [-0.05, 0) is 0 Å². The SMILES string of the molecule is CCN(C)O[N+](=O)[O-]. The molecule has 48 valence electrons. The van der Waals surface area contributed by atoms with Crippen LogP contribution in [0.3, 0.4) is 0 Å². The molecule has 8 heavy (non-hydrogen) atoms. The molecule has 5 nitrogen and oxygen atoms in total. The summed E-state index contributed by atoms with van der Waals surface area (Å²) >= 11 is 0. The summed E-state index contributed by atoms with van der Waals surface area (Å²) < 4.78 is 0. The van der Waals surface area contributed by atoms with Gasteiger partial charge in [-0.25, -0.2) is 4.94 Å². The van der Waals surface area contributed by atoms with Gasteiger partial charge in [0.1, 0.15) is 0 Å². The number of rotatable bonds is 3. The molecule has 0 aliphatic rings. The van der Waals surface area contributed by atoms with Gasteiger partial charge in [0.25, 0.3) is 0 Å². The first kappa shape index (κ1) is 7.16. The van der Waals surface area contributed by atoms with E-state index in [2.05, 4.69) is 4.94 Å².